The molecule has 7 heavy (non-hydrogen) atoms. The molecule has 0 heterocycles. The second-order valence-corrected chi connectivity index (χ2v) is 1.20. The van der Waals surface area contributed by atoms with E-state index in [0.717, 1.165) is 5.76 Å². The molecule has 0 aliphatic rings. The molecule has 0 bridgehead atoms. The summed E-state index contributed by atoms with van der Waals surface area (Å²) in [6.45, 7) is 1.84. The summed E-state index contributed by atoms with van der Waals surface area (Å²) in [5.74, 6) is 0.752. The van der Waals surface area contributed by atoms with E-state index >= 15 is 0 Å². The van der Waals surface area contributed by atoms with Gasteiger partial charge in [0.15, 0.2) is 0 Å². The number of ether oxygens (including phenoxy) is 1. The molecule has 0 rings (SSSR count). The Labute approximate surface area is 43.4 Å². The fourth-order valence-electron chi connectivity index (χ4n) is 0.212. The normalized spacial score (nSPS) is 11.6. The van der Waals surface area contributed by atoms with Crippen LogP contribution < -0.4 is 0 Å². The molecule has 0 aromatic heterocycles. The maximum atomic E-state index is 8.21. The van der Waals surface area contributed by atoms with Gasteiger partial charge < -0.3 is 9.84 Å². The van der Waals surface area contributed by atoms with Crippen molar-refractivity contribution in [2.24, 2.45) is 0 Å². The summed E-state index contributed by atoms with van der Waals surface area (Å²) in [6.07, 6.45) is 1.60. The smallest absolute Gasteiger partial charge is 0.0907 e. The number of rotatable bonds is 2. The van der Waals surface area contributed by atoms with Crippen LogP contribution in [0.25, 0.3) is 0 Å². The Bertz CT molecular complexity index is 66.5. The van der Waals surface area contributed by atoms with Gasteiger partial charge in [0.25, 0.3) is 0 Å². The van der Waals surface area contributed by atoms with E-state index < -0.39 is 0 Å². The Kier molecular flexibility index (Phi) is 3.42. The minimum atomic E-state index is 0.0552. The highest BCUT2D eigenvalue weighted by Crippen LogP contribution is 1.88. The predicted octanol–water partition coefficient (Wildman–Crippen LogP) is 0.529. The van der Waals surface area contributed by atoms with E-state index in [9.17, 15) is 0 Å². The molecule has 42 valence electrons. The topological polar surface area (TPSA) is 29.5 Å². The SMILES string of the molecule is COC(C)=CCO. The van der Waals surface area contributed by atoms with Crippen molar-refractivity contribution in [2.45, 2.75) is 6.92 Å². The van der Waals surface area contributed by atoms with Crippen molar-refractivity contribution in [2.75, 3.05) is 13.7 Å². The van der Waals surface area contributed by atoms with Crippen LogP contribution in [0.15, 0.2) is 11.8 Å². The third-order valence-electron chi connectivity index (χ3n) is 0.701. The van der Waals surface area contributed by atoms with Crippen LogP contribution in [0.2, 0.25) is 0 Å². The highest BCUT2D eigenvalue weighted by Gasteiger charge is 1.77. The first kappa shape index (κ1) is 6.50. The lowest BCUT2D eigenvalue weighted by molar-refractivity contribution is 0.279. The second kappa shape index (κ2) is 3.68. The summed E-state index contributed by atoms with van der Waals surface area (Å²) in [4.78, 5) is 0. The van der Waals surface area contributed by atoms with Crippen molar-refractivity contribution in [3.8, 4) is 0 Å². The first-order valence-corrected chi connectivity index (χ1v) is 2.13. The Hall–Kier alpha value is -0.500. The summed E-state index contributed by atoms with van der Waals surface area (Å²) in [6, 6.07) is 0. The number of allylic oxidation sites excluding steroid dienone is 1. The standard InChI is InChI=1S/C5H10O2/c1-5(7-2)3-4-6/h3,6H,4H2,1-2H3. The first-order valence-electron chi connectivity index (χ1n) is 2.13. The molecule has 0 radical (unpaired) electrons. The summed E-state index contributed by atoms with van der Waals surface area (Å²) in [7, 11) is 1.57. The summed E-state index contributed by atoms with van der Waals surface area (Å²) in [5, 5.41) is 8.21. The van der Waals surface area contributed by atoms with Crippen molar-refractivity contribution in [1.29, 1.82) is 0 Å². The van der Waals surface area contributed by atoms with Crippen molar-refractivity contribution in [3.63, 3.8) is 0 Å². The minimum absolute atomic E-state index is 0.0552. The predicted molar refractivity (Wildman–Crippen MR) is 27.9 cm³/mol. The van der Waals surface area contributed by atoms with Gasteiger partial charge in [-0.05, 0) is 13.0 Å². The van der Waals surface area contributed by atoms with Gasteiger partial charge in [-0.3, -0.25) is 0 Å². The Morgan fingerprint density at radius 2 is 2.43 bits per heavy atom. The van der Waals surface area contributed by atoms with E-state index in [1.807, 2.05) is 0 Å². The maximum Gasteiger partial charge on any atom is 0.0907 e. The Balaban J connectivity index is 3.29. The zero-order valence-electron chi connectivity index (χ0n) is 4.64. The molecule has 2 heteroatoms. The number of aliphatic hydroxyl groups excluding tert-OH is 1. The van der Waals surface area contributed by atoms with Crippen LogP contribution in [0, 0.1) is 0 Å². The fraction of sp³-hybridized carbons (Fsp3) is 0.600. The lowest BCUT2D eigenvalue weighted by Crippen LogP contribution is -1.81. The van der Waals surface area contributed by atoms with Crippen LogP contribution in [-0.2, 0) is 4.74 Å². The average molecular weight is 102 g/mol. The van der Waals surface area contributed by atoms with Gasteiger partial charge in [0.1, 0.15) is 0 Å². The summed E-state index contributed by atoms with van der Waals surface area (Å²) >= 11 is 0. The highest BCUT2D eigenvalue weighted by atomic mass is 16.5. The number of methoxy groups -OCH3 is 1. The molecular weight excluding hydrogens is 92.1 g/mol. The van der Waals surface area contributed by atoms with E-state index in [2.05, 4.69) is 0 Å². The van der Waals surface area contributed by atoms with Crippen LogP contribution in [0.1, 0.15) is 6.92 Å². The molecule has 0 amide bonds. The van der Waals surface area contributed by atoms with Crippen LogP contribution in [0.3, 0.4) is 0 Å². The van der Waals surface area contributed by atoms with Crippen molar-refractivity contribution in [3.05, 3.63) is 11.8 Å². The van der Waals surface area contributed by atoms with E-state index in [1.165, 1.54) is 0 Å². The molecule has 0 unspecified atom stereocenters. The number of aliphatic hydroxyl groups is 1. The molecule has 0 spiro atoms. The molecule has 1 N–H and O–H groups in total. The minimum Gasteiger partial charge on any atom is -0.502 e. The maximum absolute atomic E-state index is 8.21. The van der Waals surface area contributed by atoms with Crippen LogP contribution in [-0.4, -0.2) is 18.8 Å². The van der Waals surface area contributed by atoms with Crippen molar-refractivity contribution >= 4 is 0 Å². The zero-order chi connectivity index (χ0) is 5.70. The van der Waals surface area contributed by atoms with Crippen molar-refractivity contribution in [1.82, 2.24) is 0 Å². The second-order valence-electron chi connectivity index (χ2n) is 1.20. The van der Waals surface area contributed by atoms with Gasteiger partial charge >= 0.3 is 0 Å². The molecule has 0 aromatic rings. The van der Waals surface area contributed by atoms with E-state index in [1.54, 1.807) is 20.1 Å². The van der Waals surface area contributed by atoms with Gasteiger partial charge in [-0.2, -0.15) is 0 Å². The summed E-state index contributed by atoms with van der Waals surface area (Å²) in [5.41, 5.74) is 0. The molecule has 0 atom stereocenters. The number of hydrogen-bond acceptors (Lipinski definition) is 2. The van der Waals surface area contributed by atoms with Crippen LogP contribution in [0.4, 0.5) is 0 Å². The summed E-state index contributed by atoms with van der Waals surface area (Å²) < 4.78 is 4.69. The lowest BCUT2D eigenvalue weighted by atomic mass is 10.5. The van der Waals surface area contributed by atoms with Crippen molar-refractivity contribution < 1.29 is 9.84 Å². The third kappa shape index (κ3) is 3.33. The molecule has 0 aliphatic heterocycles. The van der Waals surface area contributed by atoms with Gasteiger partial charge in [0.2, 0.25) is 0 Å². The lowest BCUT2D eigenvalue weighted by Gasteiger charge is -1.93. The Morgan fingerprint density at radius 3 is 2.57 bits per heavy atom. The third-order valence-corrected chi connectivity index (χ3v) is 0.701. The molecule has 0 saturated carbocycles. The number of hydrogen-bond donors (Lipinski definition) is 1. The molecule has 2 nitrogen and oxygen atoms in total. The first-order chi connectivity index (χ1) is 3.31. The van der Waals surface area contributed by atoms with Gasteiger partial charge in [-0.1, -0.05) is 0 Å². The quantitative estimate of drug-likeness (QED) is 0.515. The van der Waals surface area contributed by atoms with Gasteiger partial charge in [0, 0.05) is 0 Å². The highest BCUT2D eigenvalue weighted by molar-refractivity contribution is 4.86. The zero-order valence-corrected chi connectivity index (χ0v) is 4.64. The molecule has 0 aliphatic carbocycles. The van der Waals surface area contributed by atoms with E-state index in [4.69, 9.17) is 9.84 Å². The van der Waals surface area contributed by atoms with Gasteiger partial charge in [-0.15, -0.1) is 0 Å². The van der Waals surface area contributed by atoms with Gasteiger partial charge in [0.05, 0.1) is 19.5 Å². The Morgan fingerprint density at radius 1 is 1.86 bits per heavy atom. The largest absolute Gasteiger partial charge is 0.502 e. The van der Waals surface area contributed by atoms with E-state index in [0.29, 0.717) is 0 Å². The molecule has 0 saturated heterocycles. The molecular formula is C5H10O2. The average Bonchev–Trinajstić information content (AvgIpc) is 1.68. The molecule has 0 fully saturated rings. The van der Waals surface area contributed by atoms with E-state index in [-0.39, 0.29) is 6.61 Å². The van der Waals surface area contributed by atoms with Gasteiger partial charge in [-0.25, -0.2) is 0 Å². The monoisotopic (exact) mass is 102 g/mol. The molecule has 0 aromatic carbocycles. The van der Waals surface area contributed by atoms with Crippen LogP contribution >= 0.6 is 0 Å². The fourth-order valence-corrected chi connectivity index (χ4v) is 0.212. The van der Waals surface area contributed by atoms with Crippen LogP contribution in [0.5, 0.6) is 0 Å².